The van der Waals surface area contributed by atoms with E-state index in [0.29, 0.717) is 33.9 Å². The van der Waals surface area contributed by atoms with Crippen LogP contribution in [0.4, 0.5) is 5.69 Å². The molecule has 2 N–H and O–H groups in total. The summed E-state index contributed by atoms with van der Waals surface area (Å²) >= 11 is 11.2. The van der Waals surface area contributed by atoms with Crippen LogP contribution in [0.5, 0.6) is 0 Å². The van der Waals surface area contributed by atoms with Gasteiger partial charge in [0.15, 0.2) is 5.11 Å². The van der Waals surface area contributed by atoms with Crippen molar-refractivity contribution in [1.82, 2.24) is 5.32 Å². The first-order chi connectivity index (χ1) is 9.93. The van der Waals surface area contributed by atoms with Crippen molar-refractivity contribution < 1.29 is 9.53 Å². The Morgan fingerprint density at radius 2 is 2.14 bits per heavy atom. The van der Waals surface area contributed by atoms with Gasteiger partial charge in [-0.1, -0.05) is 25.4 Å². The average molecular weight is 329 g/mol. The maximum Gasteiger partial charge on any atom is 0.339 e. The maximum atomic E-state index is 11.8. The summed E-state index contributed by atoms with van der Waals surface area (Å²) < 4.78 is 4.96. The van der Waals surface area contributed by atoms with Gasteiger partial charge in [0.2, 0.25) is 0 Å². The number of halogens is 1. The molecule has 4 nitrogen and oxygen atoms in total. The summed E-state index contributed by atoms with van der Waals surface area (Å²) in [6.45, 7) is 7.18. The van der Waals surface area contributed by atoms with Crippen LogP contribution in [-0.4, -0.2) is 24.2 Å². The summed E-state index contributed by atoms with van der Waals surface area (Å²) in [5.74, 6) is 0.177. The lowest BCUT2D eigenvalue weighted by Gasteiger charge is -2.13. The van der Waals surface area contributed by atoms with E-state index in [-0.39, 0.29) is 0 Å². The molecule has 1 rings (SSSR count). The number of ether oxygens (including phenoxy) is 1. The normalized spacial score (nSPS) is 10.3. The molecule has 0 aromatic heterocycles. The van der Waals surface area contributed by atoms with Crippen molar-refractivity contribution in [3.8, 4) is 0 Å². The second-order valence-electron chi connectivity index (χ2n) is 4.98. The molecule has 0 aliphatic carbocycles. The number of benzene rings is 1. The SMILES string of the molecule is CCOC(=O)c1cc(NC(=S)NCCC(C)C)ccc1Cl. The summed E-state index contributed by atoms with van der Waals surface area (Å²) in [5, 5.41) is 7.04. The van der Waals surface area contributed by atoms with Crippen molar-refractivity contribution in [3.63, 3.8) is 0 Å². The Kier molecular flexibility index (Phi) is 7.47. The number of carbonyl (C=O) groups is 1. The molecule has 0 fully saturated rings. The predicted molar refractivity (Wildman–Crippen MR) is 91.1 cm³/mol. The molecule has 1 aromatic rings. The van der Waals surface area contributed by atoms with Gasteiger partial charge in [-0.2, -0.15) is 0 Å². The molecule has 0 radical (unpaired) electrons. The van der Waals surface area contributed by atoms with Crippen molar-refractivity contribution in [1.29, 1.82) is 0 Å². The van der Waals surface area contributed by atoms with Crippen LogP contribution in [0.25, 0.3) is 0 Å². The lowest BCUT2D eigenvalue weighted by Crippen LogP contribution is -2.29. The van der Waals surface area contributed by atoms with Crippen molar-refractivity contribution in [2.45, 2.75) is 27.2 Å². The molecule has 0 unspecified atom stereocenters. The number of thiocarbonyl (C=S) groups is 1. The monoisotopic (exact) mass is 328 g/mol. The minimum atomic E-state index is -0.440. The van der Waals surface area contributed by atoms with Crippen molar-refractivity contribution in [3.05, 3.63) is 28.8 Å². The second-order valence-corrected chi connectivity index (χ2v) is 5.79. The van der Waals surface area contributed by atoms with Gasteiger partial charge in [0, 0.05) is 12.2 Å². The van der Waals surface area contributed by atoms with E-state index < -0.39 is 5.97 Å². The third-order valence-electron chi connectivity index (χ3n) is 2.73. The van der Waals surface area contributed by atoms with Gasteiger partial charge in [-0.15, -0.1) is 0 Å². The van der Waals surface area contributed by atoms with E-state index in [1.807, 2.05) is 0 Å². The largest absolute Gasteiger partial charge is 0.462 e. The first-order valence-corrected chi connectivity index (χ1v) is 7.74. The van der Waals surface area contributed by atoms with E-state index in [2.05, 4.69) is 24.5 Å². The molecular formula is C15H21ClN2O2S. The predicted octanol–water partition coefficient (Wildman–Crippen LogP) is 3.85. The Bertz CT molecular complexity index is 506. The second kappa shape index (κ2) is 8.85. The third kappa shape index (κ3) is 6.31. The van der Waals surface area contributed by atoms with Crippen LogP contribution in [0.1, 0.15) is 37.6 Å². The van der Waals surface area contributed by atoms with Crippen LogP contribution in [0.3, 0.4) is 0 Å². The average Bonchev–Trinajstić information content (AvgIpc) is 2.40. The quantitative estimate of drug-likeness (QED) is 0.613. The zero-order valence-electron chi connectivity index (χ0n) is 12.5. The highest BCUT2D eigenvalue weighted by molar-refractivity contribution is 7.80. The first kappa shape index (κ1) is 17.7. The summed E-state index contributed by atoms with van der Waals surface area (Å²) in [5.41, 5.74) is 1.03. The molecule has 21 heavy (non-hydrogen) atoms. The topological polar surface area (TPSA) is 50.4 Å². The number of hydrogen-bond acceptors (Lipinski definition) is 3. The first-order valence-electron chi connectivity index (χ1n) is 6.95. The van der Waals surface area contributed by atoms with Gasteiger partial charge >= 0.3 is 5.97 Å². The molecule has 0 spiro atoms. The molecule has 0 aliphatic rings. The van der Waals surface area contributed by atoms with Gasteiger partial charge in [-0.05, 0) is 49.7 Å². The summed E-state index contributed by atoms with van der Waals surface area (Å²) in [6, 6.07) is 5.05. The van der Waals surface area contributed by atoms with Crippen LogP contribution in [0.15, 0.2) is 18.2 Å². The summed E-state index contributed by atoms with van der Waals surface area (Å²) in [7, 11) is 0. The smallest absolute Gasteiger partial charge is 0.339 e. The Hall–Kier alpha value is -1.33. The van der Waals surface area contributed by atoms with E-state index in [4.69, 9.17) is 28.6 Å². The molecule has 0 saturated heterocycles. The molecule has 116 valence electrons. The molecular weight excluding hydrogens is 308 g/mol. The number of anilines is 1. The molecule has 0 bridgehead atoms. The van der Waals surface area contributed by atoms with E-state index >= 15 is 0 Å². The summed E-state index contributed by atoms with van der Waals surface area (Å²) in [6.07, 6.45) is 1.04. The van der Waals surface area contributed by atoms with E-state index in [0.717, 1.165) is 13.0 Å². The van der Waals surface area contributed by atoms with E-state index in [1.165, 1.54) is 0 Å². The van der Waals surface area contributed by atoms with Gasteiger partial charge in [0.05, 0.1) is 17.2 Å². The minimum Gasteiger partial charge on any atom is -0.462 e. The lowest BCUT2D eigenvalue weighted by atomic mass is 10.1. The number of esters is 1. The Morgan fingerprint density at radius 1 is 1.43 bits per heavy atom. The molecule has 1 aromatic carbocycles. The molecule has 0 amide bonds. The standard InChI is InChI=1S/C15H21ClN2O2S/c1-4-20-14(19)12-9-11(5-6-13(12)16)18-15(21)17-8-7-10(2)3/h5-6,9-10H,4,7-8H2,1-3H3,(H2,17,18,21). The number of hydrogen-bond donors (Lipinski definition) is 2. The van der Waals surface area contributed by atoms with E-state index in [9.17, 15) is 4.79 Å². The Labute approximate surface area is 136 Å². The Morgan fingerprint density at radius 3 is 2.76 bits per heavy atom. The molecule has 0 saturated carbocycles. The maximum absolute atomic E-state index is 11.8. The van der Waals surface area contributed by atoms with E-state index in [1.54, 1.807) is 25.1 Å². The van der Waals surface area contributed by atoms with Gasteiger partial charge < -0.3 is 15.4 Å². The third-order valence-corrected chi connectivity index (χ3v) is 3.30. The van der Waals surface area contributed by atoms with Gasteiger partial charge in [0.1, 0.15) is 0 Å². The fraction of sp³-hybridized carbons (Fsp3) is 0.467. The van der Waals surface area contributed by atoms with Gasteiger partial charge in [-0.25, -0.2) is 4.79 Å². The highest BCUT2D eigenvalue weighted by Gasteiger charge is 2.12. The highest BCUT2D eigenvalue weighted by atomic mass is 35.5. The highest BCUT2D eigenvalue weighted by Crippen LogP contribution is 2.21. The number of nitrogens with one attached hydrogen (secondary N) is 2. The number of carbonyl (C=O) groups excluding carboxylic acids is 1. The zero-order chi connectivity index (χ0) is 15.8. The summed E-state index contributed by atoms with van der Waals surface area (Å²) in [4.78, 5) is 11.8. The van der Waals surface area contributed by atoms with Crippen molar-refractivity contribution >= 4 is 40.6 Å². The Balaban J connectivity index is 2.65. The van der Waals surface area contributed by atoms with Crippen LogP contribution in [0.2, 0.25) is 5.02 Å². The van der Waals surface area contributed by atoms with Crippen LogP contribution in [-0.2, 0) is 4.74 Å². The fourth-order valence-corrected chi connectivity index (χ4v) is 2.03. The fourth-order valence-electron chi connectivity index (χ4n) is 1.62. The van der Waals surface area contributed by atoms with Crippen LogP contribution in [0, 0.1) is 5.92 Å². The zero-order valence-corrected chi connectivity index (χ0v) is 14.1. The van der Waals surface area contributed by atoms with Crippen molar-refractivity contribution in [2.75, 3.05) is 18.5 Å². The molecule has 6 heteroatoms. The lowest BCUT2D eigenvalue weighted by molar-refractivity contribution is 0.0526. The number of rotatable bonds is 6. The minimum absolute atomic E-state index is 0.308. The van der Waals surface area contributed by atoms with Gasteiger partial charge in [0.25, 0.3) is 0 Å². The molecule has 0 atom stereocenters. The van der Waals surface area contributed by atoms with Crippen LogP contribution >= 0.6 is 23.8 Å². The van der Waals surface area contributed by atoms with Gasteiger partial charge in [-0.3, -0.25) is 0 Å². The molecule has 0 heterocycles. The van der Waals surface area contributed by atoms with Crippen molar-refractivity contribution in [2.24, 2.45) is 5.92 Å². The molecule has 0 aliphatic heterocycles. The van der Waals surface area contributed by atoms with Crippen LogP contribution < -0.4 is 10.6 Å².